The first-order valence-electron chi connectivity index (χ1n) is 6.62. The summed E-state index contributed by atoms with van der Waals surface area (Å²) in [4.78, 5) is 21.8. The van der Waals surface area contributed by atoms with E-state index in [0.717, 1.165) is 20.8 Å². The van der Waals surface area contributed by atoms with E-state index in [4.69, 9.17) is 0 Å². The summed E-state index contributed by atoms with van der Waals surface area (Å²) < 4.78 is 1.96. The lowest BCUT2D eigenvalue weighted by Crippen LogP contribution is -2.26. The molecule has 3 rings (SSSR count). The zero-order valence-electron chi connectivity index (χ0n) is 11.9. The van der Waals surface area contributed by atoms with Crippen LogP contribution < -0.4 is 5.32 Å². The predicted octanol–water partition coefficient (Wildman–Crippen LogP) is 3.13. The maximum absolute atomic E-state index is 12.1. The topological polar surface area (TPSA) is 59.8 Å². The molecule has 0 bridgehead atoms. The normalized spacial score (nSPS) is 10.8. The van der Waals surface area contributed by atoms with Crippen molar-refractivity contribution in [2.75, 3.05) is 12.3 Å². The van der Waals surface area contributed by atoms with Gasteiger partial charge >= 0.3 is 0 Å². The SMILES string of the molecule is Cn1ccnc1SCCNC(=O)c1csc(-c2cccs2)n1. The highest BCUT2D eigenvalue weighted by Crippen LogP contribution is 2.27. The molecule has 3 aromatic heterocycles. The molecule has 0 aliphatic heterocycles. The van der Waals surface area contributed by atoms with E-state index in [2.05, 4.69) is 15.3 Å². The molecule has 0 fully saturated rings. The number of nitrogens with one attached hydrogen (secondary N) is 1. The van der Waals surface area contributed by atoms with Gasteiger partial charge in [0.05, 0.1) is 4.88 Å². The first kappa shape index (κ1) is 15.3. The van der Waals surface area contributed by atoms with Crippen molar-refractivity contribution in [1.29, 1.82) is 0 Å². The van der Waals surface area contributed by atoms with E-state index in [9.17, 15) is 4.79 Å². The largest absolute Gasteiger partial charge is 0.350 e. The monoisotopic (exact) mass is 350 g/mol. The van der Waals surface area contributed by atoms with Crippen LogP contribution in [0.2, 0.25) is 0 Å². The third-order valence-electron chi connectivity index (χ3n) is 2.86. The summed E-state index contributed by atoms with van der Waals surface area (Å²) in [6, 6.07) is 3.99. The van der Waals surface area contributed by atoms with Crippen molar-refractivity contribution in [3.8, 4) is 9.88 Å². The van der Waals surface area contributed by atoms with Crippen molar-refractivity contribution in [3.05, 3.63) is 41.0 Å². The van der Waals surface area contributed by atoms with Gasteiger partial charge in [0.2, 0.25) is 0 Å². The lowest BCUT2D eigenvalue weighted by molar-refractivity contribution is 0.0952. The molecule has 114 valence electrons. The van der Waals surface area contributed by atoms with E-state index in [0.29, 0.717) is 12.2 Å². The van der Waals surface area contributed by atoms with Crippen molar-refractivity contribution in [1.82, 2.24) is 19.9 Å². The molecule has 0 aliphatic rings. The second-order valence-corrected chi connectivity index (χ2v) is 7.31. The van der Waals surface area contributed by atoms with Gasteiger partial charge in [-0.2, -0.15) is 0 Å². The zero-order valence-corrected chi connectivity index (χ0v) is 14.3. The Morgan fingerprint density at radius 2 is 2.36 bits per heavy atom. The van der Waals surface area contributed by atoms with Crippen molar-refractivity contribution in [3.63, 3.8) is 0 Å². The van der Waals surface area contributed by atoms with Crippen LogP contribution in [0.3, 0.4) is 0 Å². The number of rotatable bonds is 6. The number of thiazole rings is 1. The van der Waals surface area contributed by atoms with E-state index in [1.165, 1.54) is 11.3 Å². The fraction of sp³-hybridized carbons (Fsp3) is 0.214. The number of carbonyl (C=O) groups is 1. The number of aromatic nitrogens is 3. The van der Waals surface area contributed by atoms with Crippen molar-refractivity contribution < 1.29 is 4.79 Å². The first-order chi connectivity index (χ1) is 10.7. The van der Waals surface area contributed by atoms with Gasteiger partial charge in [0.25, 0.3) is 5.91 Å². The third kappa shape index (κ3) is 3.57. The molecule has 8 heteroatoms. The van der Waals surface area contributed by atoms with Crippen LogP contribution in [0.25, 0.3) is 9.88 Å². The van der Waals surface area contributed by atoms with E-state index >= 15 is 0 Å². The van der Waals surface area contributed by atoms with Gasteiger partial charge < -0.3 is 9.88 Å². The summed E-state index contributed by atoms with van der Waals surface area (Å²) in [5.41, 5.74) is 0.482. The highest BCUT2D eigenvalue weighted by molar-refractivity contribution is 7.99. The third-order valence-corrected chi connectivity index (χ3v) is 5.81. The highest BCUT2D eigenvalue weighted by Gasteiger charge is 2.12. The van der Waals surface area contributed by atoms with Crippen LogP contribution in [-0.2, 0) is 7.05 Å². The van der Waals surface area contributed by atoms with Crippen LogP contribution in [0.15, 0.2) is 40.4 Å². The summed E-state index contributed by atoms with van der Waals surface area (Å²) in [6.07, 6.45) is 3.67. The van der Waals surface area contributed by atoms with Gasteiger partial charge in [-0.3, -0.25) is 4.79 Å². The molecule has 0 unspecified atom stereocenters. The highest BCUT2D eigenvalue weighted by atomic mass is 32.2. The number of amides is 1. The molecule has 22 heavy (non-hydrogen) atoms. The molecule has 0 saturated carbocycles. The van der Waals surface area contributed by atoms with Crippen LogP contribution in [-0.4, -0.2) is 32.7 Å². The Hall–Kier alpha value is -1.64. The number of hydrogen-bond acceptors (Lipinski definition) is 6. The van der Waals surface area contributed by atoms with E-state index < -0.39 is 0 Å². The first-order valence-corrected chi connectivity index (χ1v) is 9.36. The smallest absolute Gasteiger partial charge is 0.270 e. The fourth-order valence-corrected chi connectivity index (χ4v) is 4.18. The standard InChI is InChI=1S/C14H14N4OS3/c1-18-6-4-16-14(18)21-8-5-15-12(19)10-9-22-13(17-10)11-3-2-7-20-11/h2-4,6-7,9H,5,8H2,1H3,(H,15,19). The van der Waals surface area contributed by atoms with E-state index in [-0.39, 0.29) is 5.91 Å². The lowest BCUT2D eigenvalue weighted by atomic mass is 10.4. The molecular formula is C14H14N4OS3. The van der Waals surface area contributed by atoms with Crippen LogP contribution in [0, 0.1) is 0 Å². The maximum atomic E-state index is 12.1. The minimum atomic E-state index is -0.125. The molecule has 0 aromatic carbocycles. The zero-order chi connectivity index (χ0) is 15.4. The minimum absolute atomic E-state index is 0.125. The van der Waals surface area contributed by atoms with E-state index in [1.807, 2.05) is 35.3 Å². The average molecular weight is 350 g/mol. The van der Waals surface area contributed by atoms with Gasteiger partial charge in [-0.05, 0) is 11.4 Å². The lowest BCUT2D eigenvalue weighted by Gasteiger charge is -2.03. The van der Waals surface area contributed by atoms with Crippen LogP contribution in [0.1, 0.15) is 10.5 Å². The summed E-state index contributed by atoms with van der Waals surface area (Å²) in [7, 11) is 1.95. The average Bonchev–Trinajstić information content (AvgIpc) is 3.24. The summed E-state index contributed by atoms with van der Waals surface area (Å²) in [6.45, 7) is 0.586. The molecule has 3 aromatic rings. The Kier molecular flexibility index (Phi) is 4.91. The molecule has 0 atom stereocenters. The number of nitrogens with zero attached hydrogens (tertiary/aromatic N) is 3. The molecule has 0 radical (unpaired) electrons. The van der Waals surface area contributed by atoms with Gasteiger partial charge in [-0.1, -0.05) is 17.8 Å². The van der Waals surface area contributed by atoms with Gasteiger partial charge in [0.15, 0.2) is 5.16 Å². The van der Waals surface area contributed by atoms with Gasteiger partial charge in [0.1, 0.15) is 10.7 Å². The molecule has 1 N–H and O–H groups in total. The maximum Gasteiger partial charge on any atom is 0.270 e. The minimum Gasteiger partial charge on any atom is -0.350 e. The number of thiophene rings is 1. The van der Waals surface area contributed by atoms with Crippen molar-refractivity contribution >= 4 is 40.3 Å². The van der Waals surface area contributed by atoms with Gasteiger partial charge in [-0.25, -0.2) is 9.97 Å². The number of thioether (sulfide) groups is 1. The second kappa shape index (κ2) is 7.08. The number of imidazole rings is 1. The van der Waals surface area contributed by atoms with Crippen LogP contribution in [0.4, 0.5) is 0 Å². The van der Waals surface area contributed by atoms with Crippen LogP contribution in [0.5, 0.6) is 0 Å². The predicted molar refractivity (Wildman–Crippen MR) is 91.7 cm³/mol. The van der Waals surface area contributed by atoms with Gasteiger partial charge in [-0.15, -0.1) is 22.7 Å². The Labute approximate surface area is 140 Å². The molecule has 0 saturated heterocycles. The molecule has 5 nitrogen and oxygen atoms in total. The molecule has 3 heterocycles. The van der Waals surface area contributed by atoms with Crippen LogP contribution >= 0.6 is 34.4 Å². The fourth-order valence-electron chi connectivity index (χ4n) is 1.78. The molecular weight excluding hydrogens is 336 g/mol. The van der Waals surface area contributed by atoms with Crippen molar-refractivity contribution in [2.24, 2.45) is 7.05 Å². The Bertz CT molecular complexity index is 748. The Balaban J connectivity index is 1.49. The number of carbonyl (C=O) groups excluding carboxylic acids is 1. The van der Waals surface area contributed by atoms with Gasteiger partial charge in [0, 0.05) is 37.1 Å². The summed E-state index contributed by atoms with van der Waals surface area (Å²) >= 11 is 4.74. The second-order valence-electron chi connectivity index (χ2n) is 4.44. The quantitative estimate of drug-likeness (QED) is 0.548. The molecule has 0 spiro atoms. The Morgan fingerprint density at radius 1 is 1.45 bits per heavy atom. The summed E-state index contributed by atoms with van der Waals surface area (Å²) in [5, 5.41) is 8.54. The Morgan fingerprint density at radius 3 is 3.09 bits per heavy atom. The number of hydrogen-bond donors (Lipinski definition) is 1. The van der Waals surface area contributed by atoms with Crippen molar-refractivity contribution in [2.45, 2.75) is 5.16 Å². The van der Waals surface area contributed by atoms with E-state index in [1.54, 1.807) is 34.7 Å². The molecule has 0 aliphatic carbocycles. The molecule has 1 amide bonds. The number of aryl methyl sites for hydroxylation is 1. The summed E-state index contributed by atoms with van der Waals surface area (Å²) in [5.74, 6) is 0.651.